The Morgan fingerprint density at radius 3 is 2.57 bits per heavy atom. The van der Waals surface area contributed by atoms with Crippen LogP contribution in [0.1, 0.15) is 5.56 Å². The van der Waals surface area contributed by atoms with Crippen LogP contribution in [0.5, 0.6) is 0 Å². The fourth-order valence-corrected chi connectivity index (χ4v) is 1.10. The lowest BCUT2D eigenvalue weighted by Gasteiger charge is -2.00. The van der Waals surface area contributed by atoms with Crippen molar-refractivity contribution in [2.75, 3.05) is 12.4 Å². The molecule has 0 aliphatic carbocycles. The van der Waals surface area contributed by atoms with Gasteiger partial charge in [0.25, 0.3) is 0 Å². The van der Waals surface area contributed by atoms with E-state index in [4.69, 9.17) is 28.3 Å². The van der Waals surface area contributed by atoms with Crippen LogP contribution in [0, 0.1) is 0 Å². The normalized spacial score (nSPS) is 13.4. The summed E-state index contributed by atoms with van der Waals surface area (Å²) in [7, 11) is 0. The highest BCUT2D eigenvalue weighted by atomic mass is 35.5. The molecule has 0 saturated carbocycles. The summed E-state index contributed by atoms with van der Waals surface area (Å²) in [5.41, 5.74) is 0.955. The van der Waals surface area contributed by atoms with Crippen molar-refractivity contribution < 1.29 is 5.11 Å². The zero-order valence-electron chi connectivity index (χ0n) is 7.53. The van der Waals surface area contributed by atoms with Crippen LogP contribution in [0.15, 0.2) is 29.3 Å². The summed E-state index contributed by atoms with van der Waals surface area (Å²) in [5, 5.41) is 9.81. The molecule has 0 fully saturated rings. The maximum Gasteiger partial charge on any atom is 0.0870 e. The van der Waals surface area contributed by atoms with E-state index in [9.17, 15) is 0 Å². The Bertz CT molecular complexity index is 297. The molecule has 1 N–H and O–H groups in total. The van der Waals surface area contributed by atoms with Gasteiger partial charge in [-0.3, -0.25) is 4.99 Å². The molecule has 4 heteroatoms. The second kappa shape index (κ2) is 6.02. The number of hydrogen-bond donors (Lipinski definition) is 1. The zero-order valence-corrected chi connectivity index (χ0v) is 9.04. The Morgan fingerprint density at radius 2 is 2.00 bits per heavy atom. The molecule has 0 bridgehead atoms. The van der Waals surface area contributed by atoms with Gasteiger partial charge in [0.05, 0.1) is 18.5 Å². The third-order valence-corrected chi connectivity index (χ3v) is 2.21. The summed E-state index contributed by atoms with van der Waals surface area (Å²) in [6, 6.07) is 7.31. The second-order valence-electron chi connectivity index (χ2n) is 2.85. The fraction of sp³-hybridized carbons (Fsp3) is 0.300. The van der Waals surface area contributed by atoms with Crippen molar-refractivity contribution in [3.63, 3.8) is 0 Å². The molecular formula is C10H11Cl2NO. The molecule has 0 spiro atoms. The fourth-order valence-electron chi connectivity index (χ4n) is 0.877. The number of halogens is 2. The highest BCUT2D eigenvalue weighted by Crippen LogP contribution is 2.07. The van der Waals surface area contributed by atoms with Gasteiger partial charge < -0.3 is 5.11 Å². The highest BCUT2D eigenvalue weighted by Gasteiger charge is 1.97. The Labute approximate surface area is 93.2 Å². The number of nitrogens with zero attached hydrogens (tertiary/aromatic N) is 1. The van der Waals surface area contributed by atoms with Gasteiger partial charge in [-0.15, -0.1) is 11.6 Å². The largest absolute Gasteiger partial charge is 0.390 e. The molecular weight excluding hydrogens is 221 g/mol. The van der Waals surface area contributed by atoms with Crippen molar-refractivity contribution in [3.05, 3.63) is 34.9 Å². The van der Waals surface area contributed by atoms with Crippen LogP contribution < -0.4 is 0 Å². The maximum atomic E-state index is 9.11. The number of alkyl halides is 1. The number of aliphatic hydroxyl groups is 1. The van der Waals surface area contributed by atoms with Gasteiger partial charge in [-0.1, -0.05) is 23.7 Å². The predicted octanol–water partition coefficient (Wildman–Crippen LogP) is 2.36. The van der Waals surface area contributed by atoms with Crippen molar-refractivity contribution in [3.8, 4) is 0 Å². The summed E-state index contributed by atoms with van der Waals surface area (Å²) in [6.07, 6.45) is 1.12. The molecule has 0 amide bonds. The van der Waals surface area contributed by atoms with Gasteiger partial charge in [-0.25, -0.2) is 0 Å². The van der Waals surface area contributed by atoms with E-state index in [1.807, 2.05) is 12.1 Å². The monoisotopic (exact) mass is 231 g/mol. The molecule has 0 heterocycles. The number of aliphatic hydroxyl groups excluding tert-OH is 1. The number of benzene rings is 1. The van der Waals surface area contributed by atoms with E-state index in [1.165, 1.54) is 0 Å². The average molecular weight is 232 g/mol. The number of rotatable bonds is 4. The van der Waals surface area contributed by atoms with Gasteiger partial charge in [-0.2, -0.15) is 0 Å². The predicted molar refractivity (Wildman–Crippen MR) is 60.6 cm³/mol. The highest BCUT2D eigenvalue weighted by molar-refractivity contribution is 6.30. The quantitative estimate of drug-likeness (QED) is 0.627. The Morgan fingerprint density at radius 1 is 1.36 bits per heavy atom. The van der Waals surface area contributed by atoms with Crippen LogP contribution in [0.4, 0.5) is 0 Å². The molecule has 0 aliphatic heterocycles. The molecule has 0 unspecified atom stereocenters. The van der Waals surface area contributed by atoms with Crippen molar-refractivity contribution >= 4 is 29.4 Å². The van der Waals surface area contributed by atoms with E-state index >= 15 is 0 Å². The van der Waals surface area contributed by atoms with Gasteiger partial charge in [0.1, 0.15) is 0 Å². The molecule has 0 saturated heterocycles. The minimum atomic E-state index is -0.569. The lowest BCUT2D eigenvalue weighted by Crippen LogP contribution is -2.12. The number of aliphatic imine (C=N–C) groups is 1. The minimum absolute atomic E-state index is 0.206. The van der Waals surface area contributed by atoms with Crippen LogP contribution in [0.3, 0.4) is 0 Å². The van der Waals surface area contributed by atoms with Crippen LogP contribution in [-0.2, 0) is 0 Å². The first-order valence-electron chi connectivity index (χ1n) is 4.22. The summed E-state index contributed by atoms with van der Waals surface area (Å²) < 4.78 is 0. The van der Waals surface area contributed by atoms with Gasteiger partial charge in [0.15, 0.2) is 0 Å². The Balaban J connectivity index is 2.48. The van der Waals surface area contributed by atoms with E-state index in [1.54, 1.807) is 18.3 Å². The molecule has 76 valence electrons. The molecule has 2 nitrogen and oxygen atoms in total. The summed E-state index contributed by atoms with van der Waals surface area (Å²) in [6.45, 7) is 0.326. The summed E-state index contributed by atoms with van der Waals surface area (Å²) >= 11 is 11.1. The lowest BCUT2D eigenvalue weighted by molar-refractivity contribution is 0.207. The molecule has 1 aromatic carbocycles. The third-order valence-electron chi connectivity index (χ3n) is 1.60. The van der Waals surface area contributed by atoms with Crippen molar-refractivity contribution in [2.45, 2.75) is 6.10 Å². The van der Waals surface area contributed by atoms with E-state index in [-0.39, 0.29) is 5.88 Å². The van der Waals surface area contributed by atoms with E-state index in [0.29, 0.717) is 11.6 Å². The van der Waals surface area contributed by atoms with Crippen molar-refractivity contribution in [1.82, 2.24) is 0 Å². The molecule has 0 aliphatic rings. The van der Waals surface area contributed by atoms with E-state index in [2.05, 4.69) is 4.99 Å². The number of hydrogen-bond acceptors (Lipinski definition) is 2. The molecule has 1 atom stereocenters. The zero-order chi connectivity index (χ0) is 10.4. The van der Waals surface area contributed by atoms with Crippen LogP contribution in [0.25, 0.3) is 0 Å². The first kappa shape index (κ1) is 11.5. The van der Waals surface area contributed by atoms with Crippen LogP contribution in [0.2, 0.25) is 5.02 Å². The molecule has 1 aromatic rings. The summed E-state index contributed by atoms with van der Waals surface area (Å²) in [5.74, 6) is 0.206. The molecule has 14 heavy (non-hydrogen) atoms. The van der Waals surface area contributed by atoms with E-state index in [0.717, 1.165) is 5.56 Å². The van der Waals surface area contributed by atoms with Crippen molar-refractivity contribution in [2.24, 2.45) is 4.99 Å². The van der Waals surface area contributed by atoms with Gasteiger partial charge in [0.2, 0.25) is 0 Å². The second-order valence-corrected chi connectivity index (χ2v) is 3.60. The maximum absolute atomic E-state index is 9.11. The van der Waals surface area contributed by atoms with Gasteiger partial charge >= 0.3 is 0 Å². The topological polar surface area (TPSA) is 32.6 Å². The smallest absolute Gasteiger partial charge is 0.0870 e. The van der Waals surface area contributed by atoms with E-state index < -0.39 is 6.10 Å². The third kappa shape index (κ3) is 4.09. The van der Waals surface area contributed by atoms with Gasteiger partial charge in [0, 0.05) is 11.2 Å². The standard InChI is InChI=1S/C10H11Cl2NO/c11-5-10(14)7-13-6-8-1-3-9(12)4-2-8/h1-4,6,10,14H,5,7H2/b13-6+/t10-/m1/s1. The first-order chi connectivity index (χ1) is 6.72. The van der Waals surface area contributed by atoms with Crippen LogP contribution in [-0.4, -0.2) is 29.8 Å². The molecule has 0 aromatic heterocycles. The Kier molecular flexibility index (Phi) is 4.94. The Hall–Kier alpha value is -0.570. The average Bonchev–Trinajstić information content (AvgIpc) is 2.21. The van der Waals surface area contributed by atoms with Gasteiger partial charge in [-0.05, 0) is 17.7 Å². The molecule has 0 radical (unpaired) electrons. The molecule has 1 rings (SSSR count). The van der Waals surface area contributed by atoms with Crippen LogP contribution >= 0.6 is 23.2 Å². The first-order valence-corrected chi connectivity index (χ1v) is 5.13. The van der Waals surface area contributed by atoms with Crippen molar-refractivity contribution in [1.29, 1.82) is 0 Å². The summed E-state index contributed by atoms with van der Waals surface area (Å²) in [4.78, 5) is 4.04. The SMILES string of the molecule is O[C@H](CCl)C/N=C/c1ccc(Cl)cc1. The minimum Gasteiger partial charge on any atom is -0.390 e. The lowest BCUT2D eigenvalue weighted by atomic mass is 10.2.